The minimum atomic E-state index is 0.0236. The lowest BCUT2D eigenvalue weighted by atomic mass is 9.87. The van der Waals surface area contributed by atoms with Crippen LogP contribution in [0.3, 0.4) is 0 Å². The van der Waals surface area contributed by atoms with Crippen LogP contribution in [-0.2, 0) is 11.2 Å². The standard InChI is InChI=1S/C16H22ClNO2/c1-11-5-3-6-12(9-11)18-16(19)10-13-14(17)7-4-8-15(13)20-2/h4,7-8,11-12H,3,5-6,9-10H2,1-2H3,(H,18,19). The molecule has 110 valence electrons. The van der Waals surface area contributed by atoms with Gasteiger partial charge in [0.2, 0.25) is 5.91 Å². The highest BCUT2D eigenvalue weighted by Gasteiger charge is 2.21. The molecule has 4 heteroatoms. The number of carbonyl (C=O) groups excluding carboxylic acids is 1. The van der Waals surface area contributed by atoms with Crippen LogP contribution in [0.5, 0.6) is 5.75 Å². The molecule has 1 N–H and O–H groups in total. The summed E-state index contributed by atoms with van der Waals surface area (Å²) in [6, 6.07) is 5.75. The van der Waals surface area contributed by atoms with Crippen molar-refractivity contribution in [1.82, 2.24) is 5.32 Å². The van der Waals surface area contributed by atoms with Crippen LogP contribution in [0, 0.1) is 5.92 Å². The Morgan fingerprint density at radius 1 is 1.45 bits per heavy atom. The molecule has 0 radical (unpaired) electrons. The van der Waals surface area contributed by atoms with E-state index in [1.807, 2.05) is 12.1 Å². The van der Waals surface area contributed by atoms with Crippen LogP contribution in [0.15, 0.2) is 18.2 Å². The number of hydrogen-bond donors (Lipinski definition) is 1. The van der Waals surface area contributed by atoms with E-state index in [9.17, 15) is 4.79 Å². The summed E-state index contributed by atoms with van der Waals surface area (Å²) in [5.74, 6) is 1.39. The molecule has 0 bridgehead atoms. The summed E-state index contributed by atoms with van der Waals surface area (Å²) in [5.41, 5.74) is 0.762. The van der Waals surface area contributed by atoms with Crippen molar-refractivity contribution >= 4 is 17.5 Å². The molecule has 1 aliphatic rings. The first-order valence-electron chi connectivity index (χ1n) is 7.21. The van der Waals surface area contributed by atoms with Crippen LogP contribution < -0.4 is 10.1 Å². The quantitative estimate of drug-likeness (QED) is 0.922. The van der Waals surface area contributed by atoms with Gasteiger partial charge < -0.3 is 10.1 Å². The van der Waals surface area contributed by atoms with Gasteiger partial charge in [-0.25, -0.2) is 0 Å². The number of methoxy groups -OCH3 is 1. The van der Waals surface area contributed by atoms with Gasteiger partial charge in [0.05, 0.1) is 13.5 Å². The molecule has 20 heavy (non-hydrogen) atoms. The minimum Gasteiger partial charge on any atom is -0.496 e. The minimum absolute atomic E-state index is 0.0236. The third kappa shape index (κ3) is 3.89. The third-order valence-electron chi connectivity index (χ3n) is 3.93. The van der Waals surface area contributed by atoms with Gasteiger partial charge in [0.15, 0.2) is 0 Å². The third-order valence-corrected chi connectivity index (χ3v) is 4.29. The van der Waals surface area contributed by atoms with Crippen LogP contribution in [0.4, 0.5) is 0 Å². The second-order valence-electron chi connectivity index (χ2n) is 5.63. The smallest absolute Gasteiger partial charge is 0.224 e. The van der Waals surface area contributed by atoms with Gasteiger partial charge in [-0.15, -0.1) is 0 Å². The van der Waals surface area contributed by atoms with Gasteiger partial charge in [-0.1, -0.05) is 37.4 Å². The molecule has 0 spiro atoms. The molecule has 1 fully saturated rings. The average molecular weight is 296 g/mol. The van der Waals surface area contributed by atoms with Crippen molar-refractivity contribution in [2.75, 3.05) is 7.11 Å². The van der Waals surface area contributed by atoms with Gasteiger partial charge >= 0.3 is 0 Å². The van der Waals surface area contributed by atoms with Crippen LogP contribution in [0.1, 0.15) is 38.2 Å². The van der Waals surface area contributed by atoms with Crippen LogP contribution in [0.2, 0.25) is 5.02 Å². The van der Waals surface area contributed by atoms with Crippen molar-refractivity contribution < 1.29 is 9.53 Å². The average Bonchev–Trinajstić information content (AvgIpc) is 2.41. The van der Waals surface area contributed by atoms with Crippen molar-refractivity contribution in [2.24, 2.45) is 5.92 Å². The lowest BCUT2D eigenvalue weighted by Gasteiger charge is -2.27. The van der Waals surface area contributed by atoms with E-state index in [1.54, 1.807) is 13.2 Å². The Bertz CT molecular complexity index is 476. The Labute approximate surface area is 125 Å². The first-order chi connectivity index (χ1) is 9.60. The molecule has 1 saturated carbocycles. The maximum atomic E-state index is 12.2. The Balaban J connectivity index is 1.98. The maximum Gasteiger partial charge on any atom is 0.224 e. The molecule has 3 nitrogen and oxygen atoms in total. The van der Waals surface area contributed by atoms with Gasteiger partial charge in [-0.3, -0.25) is 4.79 Å². The van der Waals surface area contributed by atoms with Crippen LogP contribution >= 0.6 is 11.6 Å². The van der Waals surface area contributed by atoms with Crippen molar-refractivity contribution in [3.63, 3.8) is 0 Å². The molecule has 0 aliphatic heterocycles. The summed E-state index contributed by atoms with van der Waals surface area (Å²) in [6.45, 7) is 2.25. The Hall–Kier alpha value is -1.22. The summed E-state index contributed by atoms with van der Waals surface area (Å²) in [5, 5.41) is 3.70. The van der Waals surface area contributed by atoms with E-state index in [-0.39, 0.29) is 12.3 Å². The zero-order chi connectivity index (χ0) is 14.5. The zero-order valence-corrected chi connectivity index (χ0v) is 12.9. The molecule has 1 aliphatic carbocycles. The van der Waals surface area contributed by atoms with E-state index in [2.05, 4.69) is 12.2 Å². The Morgan fingerprint density at radius 3 is 2.95 bits per heavy atom. The Morgan fingerprint density at radius 2 is 2.25 bits per heavy atom. The van der Waals surface area contributed by atoms with Gasteiger partial charge in [-0.2, -0.15) is 0 Å². The number of rotatable bonds is 4. The Kier molecular flexibility index (Phi) is 5.30. The second kappa shape index (κ2) is 6.98. The number of benzene rings is 1. The molecule has 1 aromatic carbocycles. The fourth-order valence-corrected chi connectivity index (χ4v) is 3.14. The molecule has 0 aromatic heterocycles. The summed E-state index contributed by atoms with van der Waals surface area (Å²) >= 11 is 6.16. The first kappa shape index (κ1) is 15.2. The molecule has 2 atom stereocenters. The van der Waals surface area contributed by atoms with Gasteiger partial charge in [0, 0.05) is 16.6 Å². The molecule has 2 rings (SSSR count). The number of amides is 1. The molecular weight excluding hydrogens is 274 g/mol. The molecule has 0 heterocycles. The van der Waals surface area contributed by atoms with E-state index >= 15 is 0 Å². The molecule has 0 saturated heterocycles. The van der Waals surface area contributed by atoms with E-state index < -0.39 is 0 Å². The fourth-order valence-electron chi connectivity index (χ4n) is 2.91. The van der Waals surface area contributed by atoms with Crippen LogP contribution in [-0.4, -0.2) is 19.1 Å². The van der Waals surface area contributed by atoms with Crippen molar-refractivity contribution in [1.29, 1.82) is 0 Å². The number of nitrogens with one attached hydrogen (secondary N) is 1. The van der Waals surface area contributed by atoms with Gasteiger partial charge in [0.25, 0.3) is 0 Å². The lowest BCUT2D eigenvalue weighted by molar-refractivity contribution is -0.121. The number of carbonyl (C=O) groups is 1. The van der Waals surface area contributed by atoms with Gasteiger partial charge in [-0.05, 0) is 30.9 Å². The van der Waals surface area contributed by atoms with Crippen molar-refractivity contribution in [3.05, 3.63) is 28.8 Å². The highest BCUT2D eigenvalue weighted by Crippen LogP contribution is 2.27. The summed E-state index contributed by atoms with van der Waals surface area (Å²) in [7, 11) is 1.59. The van der Waals surface area contributed by atoms with E-state index in [0.717, 1.165) is 18.4 Å². The van der Waals surface area contributed by atoms with E-state index in [1.165, 1.54) is 12.8 Å². The predicted octanol–water partition coefficient (Wildman–Crippen LogP) is 3.59. The number of hydrogen-bond acceptors (Lipinski definition) is 2. The monoisotopic (exact) mass is 295 g/mol. The maximum absolute atomic E-state index is 12.2. The molecule has 1 amide bonds. The van der Waals surface area contributed by atoms with E-state index in [0.29, 0.717) is 22.7 Å². The normalized spacial score (nSPS) is 22.4. The van der Waals surface area contributed by atoms with Crippen molar-refractivity contribution in [2.45, 2.75) is 45.1 Å². The fraction of sp³-hybridized carbons (Fsp3) is 0.562. The molecule has 2 unspecified atom stereocenters. The summed E-state index contributed by atoms with van der Waals surface area (Å²) < 4.78 is 5.27. The molecular formula is C16H22ClNO2. The van der Waals surface area contributed by atoms with Crippen LogP contribution in [0.25, 0.3) is 0 Å². The van der Waals surface area contributed by atoms with E-state index in [4.69, 9.17) is 16.3 Å². The number of ether oxygens (including phenoxy) is 1. The number of halogens is 1. The lowest BCUT2D eigenvalue weighted by Crippen LogP contribution is -2.38. The SMILES string of the molecule is COc1cccc(Cl)c1CC(=O)NC1CCCC(C)C1. The first-order valence-corrected chi connectivity index (χ1v) is 7.58. The highest BCUT2D eigenvalue weighted by atomic mass is 35.5. The van der Waals surface area contributed by atoms with Crippen molar-refractivity contribution in [3.8, 4) is 5.75 Å². The topological polar surface area (TPSA) is 38.3 Å². The zero-order valence-electron chi connectivity index (χ0n) is 12.1. The second-order valence-corrected chi connectivity index (χ2v) is 6.04. The highest BCUT2D eigenvalue weighted by molar-refractivity contribution is 6.31. The van der Waals surface area contributed by atoms with Gasteiger partial charge in [0.1, 0.15) is 5.75 Å². The summed E-state index contributed by atoms with van der Waals surface area (Å²) in [6.07, 6.45) is 4.89. The summed E-state index contributed by atoms with van der Waals surface area (Å²) in [4.78, 5) is 12.2. The largest absolute Gasteiger partial charge is 0.496 e. The molecule has 1 aromatic rings. The predicted molar refractivity (Wildman–Crippen MR) is 81.3 cm³/mol.